The van der Waals surface area contributed by atoms with Gasteiger partial charge in [0.1, 0.15) is 0 Å². The predicted molar refractivity (Wildman–Crippen MR) is 46.1 cm³/mol. The van der Waals surface area contributed by atoms with E-state index in [1.165, 1.54) is 0 Å². The summed E-state index contributed by atoms with van der Waals surface area (Å²) in [5, 5.41) is 8.07. The molecule has 2 heteroatoms. The summed E-state index contributed by atoms with van der Waals surface area (Å²) in [6.07, 6.45) is 5.00. The van der Waals surface area contributed by atoms with Crippen LogP contribution < -0.4 is 0 Å². The van der Waals surface area contributed by atoms with Gasteiger partial charge in [0.25, 0.3) is 0 Å². The van der Waals surface area contributed by atoms with Crippen LogP contribution in [0.4, 0.5) is 0 Å². The molecule has 0 atom stereocenters. The SMILES string of the molecule is C=CCC.CCCCO.O. The molecule has 0 aliphatic heterocycles. The number of rotatable bonds is 3. The average Bonchev–Trinajstić information content (AvgIpc) is 1.91. The van der Waals surface area contributed by atoms with Crippen molar-refractivity contribution in [3.05, 3.63) is 12.7 Å². The summed E-state index contributed by atoms with van der Waals surface area (Å²) in [6, 6.07) is 0. The number of allylic oxidation sites excluding steroid dienone is 1. The van der Waals surface area contributed by atoms with E-state index in [2.05, 4.69) is 20.4 Å². The molecule has 0 aliphatic carbocycles. The minimum absolute atomic E-state index is 0. The van der Waals surface area contributed by atoms with Crippen LogP contribution in [0.1, 0.15) is 33.1 Å². The van der Waals surface area contributed by atoms with Crippen molar-refractivity contribution in [1.29, 1.82) is 0 Å². The molecule has 0 unspecified atom stereocenters. The second-order valence-corrected chi connectivity index (χ2v) is 1.77. The van der Waals surface area contributed by atoms with Gasteiger partial charge in [0, 0.05) is 6.61 Å². The molecule has 0 amide bonds. The highest BCUT2D eigenvalue weighted by Crippen LogP contribution is 1.78. The Balaban J connectivity index is -0.0000000910. The molecule has 0 fully saturated rings. The molecule has 2 nitrogen and oxygen atoms in total. The monoisotopic (exact) mass is 148 g/mol. The lowest BCUT2D eigenvalue weighted by Crippen LogP contribution is -1.75. The fraction of sp³-hybridized carbons (Fsp3) is 0.750. The fourth-order valence-electron chi connectivity index (χ4n) is 0.158. The summed E-state index contributed by atoms with van der Waals surface area (Å²) in [6.45, 7) is 7.94. The second kappa shape index (κ2) is 23.4. The summed E-state index contributed by atoms with van der Waals surface area (Å²) < 4.78 is 0. The van der Waals surface area contributed by atoms with E-state index < -0.39 is 0 Å². The molecule has 3 N–H and O–H groups in total. The number of aliphatic hydroxyl groups is 1. The predicted octanol–water partition coefficient (Wildman–Crippen LogP) is 1.54. The third kappa shape index (κ3) is 48.0. The average molecular weight is 148 g/mol. The normalized spacial score (nSPS) is 6.70. The van der Waals surface area contributed by atoms with E-state index >= 15 is 0 Å². The first-order chi connectivity index (χ1) is 4.33. The molecule has 0 aromatic rings. The van der Waals surface area contributed by atoms with Crippen LogP contribution >= 0.6 is 0 Å². The van der Waals surface area contributed by atoms with Gasteiger partial charge in [-0.25, -0.2) is 0 Å². The fourth-order valence-corrected chi connectivity index (χ4v) is 0.158. The van der Waals surface area contributed by atoms with Crippen LogP contribution in [0.5, 0.6) is 0 Å². The molecule has 0 saturated carbocycles. The van der Waals surface area contributed by atoms with Gasteiger partial charge in [-0.05, 0) is 12.8 Å². The standard InChI is InChI=1S/C4H10O.C4H8.H2O/c1-2-3-4-5;1-3-4-2;/h5H,2-4H2,1H3;3H,1,4H2,2H3;1H2. The first kappa shape index (κ1) is 16.3. The van der Waals surface area contributed by atoms with Gasteiger partial charge in [-0.2, -0.15) is 0 Å². The maximum atomic E-state index is 8.07. The van der Waals surface area contributed by atoms with E-state index in [1.54, 1.807) is 0 Å². The van der Waals surface area contributed by atoms with Gasteiger partial charge in [0.05, 0.1) is 0 Å². The van der Waals surface area contributed by atoms with Crippen LogP contribution in [0.2, 0.25) is 0 Å². The van der Waals surface area contributed by atoms with Crippen molar-refractivity contribution < 1.29 is 10.6 Å². The summed E-state index contributed by atoms with van der Waals surface area (Å²) in [7, 11) is 0. The Morgan fingerprint density at radius 1 is 1.40 bits per heavy atom. The van der Waals surface area contributed by atoms with Gasteiger partial charge in [0.2, 0.25) is 0 Å². The molecule has 0 aromatic carbocycles. The van der Waals surface area contributed by atoms with Gasteiger partial charge in [-0.15, -0.1) is 6.58 Å². The summed E-state index contributed by atoms with van der Waals surface area (Å²) >= 11 is 0. The number of hydrogen-bond acceptors (Lipinski definition) is 1. The third-order valence-electron chi connectivity index (χ3n) is 0.800. The van der Waals surface area contributed by atoms with Crippen molar-refractivity contribution in [3.8, 4) is 0 Å². The highest BCUT2D eigenvalue weighted by Gasteiger charge is 1.69. The smallest absolute Gasteiger partial charge is 0.0430 e. The summed E-state index contributed by atoms with van der Waals surface area (Å²) in [4.78, 5) is 0. The van der Waals surface area contributed by atoms with Crippen LogP contribution in [-0.2, 0) is 0 Å². The van der Waals surface area contributed by atoms with E-state index in [9.17, 15) is 0 Å². The zero-order valence-electron chi connectivity index (χ0n) is 7.06. The van der Waals surface area contributed by atoms with E-state index in [1.807, 2.05) is 6.08 Å². The van der Waals surface area contributed by atoms with E-state index in [-0.39, 0.29) is 5.48 Å². The summed E-state index contributed by atoms with van der Waals surface area (Å²) in [5.41, 5.74) is 0. The molecule has 0 radical (unpaired) electrons. The number of hydrogen-bond donors (Lipinski definition) is 1. The minimum Gasteiger partial charge on any atom is -0.412 e. The van der Waals surface area contributed by atoms with E-state index in [4.69, 9.17) is 5.11 Å². The van der Waals surface area contributed by atoms with Crippen molar-refractivity contribution in [1.82, 2.24) is 0 Å². The first-order valence-electron chi connectivity index (χ1n) is 3.55. The zero-order chi connectivity index (χ0) is 7.54. The van der Waals surface area contributed by atoms with Crippen molar-refractivity contribution in [2.45, 2.75) is 33.1 Å². The van der Waals surface area contributed by atoms with Crippen molar-refractivity contribution >= 4 is 0 Å². The molecule has 0 aromatic heterocycles. The van der Waals surface area contributed by atoms with Gasteiger partial charge >= 0.3 is 0 Å². The highest BCUT2D eigenvalue weighted by molar-refractivity contribution is 4.60. The summed E-state index contributed by atoms with van der Waals surface area (Å²) in [5.74, 6) is 0. The van der Waals surface area contributed by atoms with Crippen LogP contribution in [0.25, 0.3) is 0 Å². The maximum Gasteiger partial charge on any atom is 0.0430 e. The lowest BCUT2D eigenvalue weighted by atomic mass is 10.4. The Kier molecular flexibility index (Phi) is 38.2. The second-order valence-electron chi connectivity index (χ2n) is 1.77. The molecule has 0 bridgehead atoms. The molecular formula is C8H20O2. The Hall–Kier alpha value is -0.340. The van der Waals surface area contributed by atoms with Crippen LogP contribution in [0, 0.1) is 0 Å². The Labute approximate surface area is 63.9 Å². The molecule has 0 rings (SSSR count). The van der Waals surface area contributed by atoms with Gasteiger partial charge < -0.3 is 10.6 Å². The van der Waals surface area contributed by atoms with E-state index in [0.29, 0.717) is 6.61 Å². The first-order valence-corrected chi connectivity index (χ1v) is 3.55. The Bertz CT molecular complexity index is 42.5. The molecule has 64 valence electrons. The van der Waals surface area contributed by atoms with Gasteiger partial charge in [0.15, 0.2) is 0 Å². The maximum absolute atomic E-state index is 8.07. The Morgan fingerprint density at radius 3 is 1.80 bits per heavy atom. The lowest BCUT2D eigenvalue weighted by Gasteiger charge is -1.79. The minimum atomic E-state index is 0. The third-order valence-corrected chi connectivity index (χ3v) is 0.800. The van der Waals surface area contributed by atoms with Gasteiger partial charge in [-0.1, -0.05) is 26.3 Å². The Morgan fingerprint density at radius 2 is 1.80 bits per heavy atom. The number of aliphatic hydroxyl groups excluding tert-OH is 1. The molecule has 10 heavy (non-hydrogen) atoms. The molecule has 0 saturated heterocycles. The molecule has 0 aliphatic rings. The lowest BCUT2D eigenvalue weighted by molar-refractivity contribution is 0.287. The van der Waals surface area contributed by atoms with E-state index in [0.717, 1.165) is 19.3 Å². The topological polar surface area (TPSA) is 51.7 Å². The molecular weight excluding hydrogens is 128 g/mol. The van der Waals surface area contributed by atoms with Crippen molar-refractivity contribution in [2.24, 2.45) is 0 Å². The van der Waals surface area contributed by atoms with Crippen molar-refractivity contribution in [2.75, 3.05) is 6.61 Å². The number of unbranched alkanes of at least 4 members (excludes halogenated alkanes) is 1. The van der Waals surface area contributed by atoms with Crippen LogP contribution in [0.15, 0.2) is 12.7 Å². The zero-order valence-corrected chi connectivity index (χ0v) is 7.06. The quantitative estimate of drug-likeness (QED) is 0.606. The van der Waals surface area contributed by atoms with Gasteiger partial charge in [-0.3, -0.25) is 0 Å². The highest BCUT2D eigenvalue weighted by atomic mass is 16.2. The largest absolute Gasteiger partial charge is 0.412 e. The molecule has 0 heterocycles. The molecule has 0 spiro atoms. The van der Waals surface area contributed by atoms with Crippen LogP contribution in [-0.4, -0.2) is 17.2 Å². The van der Waals surface area contributed by atoms with Crippen LogP contribution in [0.3, 0.4) is 0 Å². The van der Waals surface area contributed by atoms with Crippen molar-refractivity contribution in [3.63, 3.8) is 0 Å².